The minimum absolute atomic E-state index is 0.379. The van der Waals surface area contributed by atoms with Crippen molar-refractivity contribution in [3.63, 3.8) is 0 Å². The molecular weight excluding hydrogens is 194 g/mol. The van der Waals surface area contributed by atoms with Crippen molar-refractivity contribution in [3.05, 3.63) is 0 Å². The van der Waals surface area contributed by atoms with Crippen molar-refractivity contribution in [2.45, 2.75) is 59.9 Å². The van der Waals surface area contributed by atoms with Crippen LogP contribution < -0.4 is 0 Å². The van der Waals surface area contributed by atoms with Crippen LogP contribution in [0.4, 0.5) is 0 Å². The molecular formula is C15H29N. The molecule has 2 aliphatic rings. The van der Waals surface area contributed by atoms with Crippen LogP contribution in [0.5, 0.6) is 0 Å². The Morgan fingerprint density at radius 1 is 1.00 bits per heavy atom. The Morgan fingerprint density at radius 3 is 2.12 bits per heavy atom. The van der Waals surface area contributed by atoms with Crippen molar-refractivity contribution in [1.29, 1.82) is 0 Å². The molecule has 0 aromatic heterocycles. The lowest BCUT2D eigenvalue weighted by Gasteiger charge is -2.43. The van der Waals surface area contributed by atoms with Gasteiger partial charge in [-0.15, -0.1) is 0 Å². The minimum Gasteiger partial charge on any atom is -0.298 e. The van der Waals surface area contributed by atoms with Crippen molar-refractivity contribution < 1.29 is 0 Å². The highest BCUT2D eigenvalue weighted by atomic mass is 15.2. The van der Waals surface area contributed by atoms with Crippen LogP contribution >= 0.6 is 0 Å². The Hall–Kier alpha value is -0.0400. The van der Waals surface area contributed by atoms with Gasteiger partial charge in [0.15, 0.2) is 0 Å². The highest BCUT2D eigenvalue weighted by Crippen LogP contribution is 2.51. The van der Waals surface area contributed by atoms with E-state index in [-0.39, 0.29) is 0 Å². The minimum atomic E-state index is 0.379. The number of hydrogen-bond donors (Lipinski definition) is 0. The summed E-state index contributed by atoms with van der Waals surface area (Å²) in [6.07, 6.45) is 2.92. The fourth-order valence-corrected chi connectivity index (χ4v) is 3.62. The number of rotatable bonds is 1. The van der Waals surface area contributed by atoms with Crippen LogP contribution in [0, 0.1) is 23.2 Å². The van der Waals surface area contributed by atoms with Crippen LogP contribution in [-0.2, 0) is 0 Å². The Labute approximate surface area is 102 Å². The van der Waals surface area contributed by atoms with Crippen molar-refractivity contribution in [2.24, 2.45) is 23.2 Å². The van der Waals surface area contributed by atoms with E-state index in [0.29, 0.717) is 11.0 Å². The van der Waals surface area contributed by atoms with E-state index >= 15 is 0 Å². The third-order valence-corrected chi connectivity index (χ3v) is 4.53. The highest BCUT2D eigenvalue weighted by molar-refractivity contribution is 5.01. The number of likely N-dealkylation sites (tertiary alicyclic amines) is 1. The second-order valence-electron chi connectivity index (χ2n) is 8.26. The van der Waals surface area contributed by atoms with Gasteiger partial charge in [-0.2, -0.15) is 0 Å². The van der Waals surface area contributed by atoms with Crippen LogP contribution in [0.2, 0.25) is 0 Å². The summed E-state index contributed by atoms with van der Waals surface area (Å²) < 4.78 is 0. The molecule has 0 spiro atoms. The standard InChI is InChI=1S/C15H29N/c1-14(2,3)8-11-7-12-9-16(10-13(11)12)15(4,5)6/h11-13H,7-10H2,1-6H3. The quantitative estimate of drug-likeness (QED) is 0.654. The molecule has 1 aliphatic carbocycles. The van der Waals surface area contributed by atoms with Crippen molar-refractivity contribution >= 4 is 0 Å². The molecule has 1 heterocycles. The molecule has 1 heteroatoms. The largest absolute Gasteiger partial charge is 0.298 e. The fourth-order valence-electron chi connectivity index (χ4n) is 3.62. The summed E-state index contributed by atoms with van der Waals surface area (Å²) in [5.41, 5.74) is 0.897. The summed E-state index contributed by atoms with van der Waals surface area (Å²) in [6, 6.07) is 0. The molecule has 1 saturated carbocycles. The lowest BCUT2D eigenvalue weighted by molar-refractivity contribution is 0.0772. The first-order valence-electron chi connectivity index (χ1n) is 6.92. The third kappa shape index (κ3) is 2.45. The SMILES string of the molecule is CC(C)(C)CC1CC2CN(C(C)(C)C)CC21. The summed E-state index contributed by atoms with van der Waals surface area (Å²) in [6.45, 7) is 16.9. The van der Waals surface area contributed by atoms with E-state index in [1.54, 1.807) is 0 Å². The number of fused-ring (bicyclic) bond motifs is 1. The molecule has 0 N–H and O–H groups in total. The lowest BCUT2D eigenvalue weighted by Crippen LogP contribution is -2.39. The summed E-state index contributed by atoms with van der Waals surface area (Å²) in [5.74, 6) is 3.04. The first-order valence-corrected chi connectivity index (χ1v) is 6.92. The van der Waals surface area contributed by atoms with Gasteiger partial charge in [0.05, 0.1) is 0 Å². The van der Waals surface area contributed by atoms with Crippen molar-refractivity contribution in [1.82, 2.24) is 4.90 Å². The van der Waals surface area contributed by atoms with Gasteiger partial charge in [-0.05, 0) is 56.8 Å². The van der Waals surface area contributed by atoms with E-state index in [0.717, 1.165) is 17.8 Å². The molecule has 1 nitrogen and oxygen atoms in total. The average Bonchev–Trinajstić information content (AvgIpc) is 2.36. The highest BCUT2D eigenvalue weighted by Gasteiger charge is 2.49. The van der Waals surface area contributed by atoms with Gasteiger partial charge in [0.1, 0.15) is 0 Å². The first kappa shape index (κ1) is 12.4. The van der Waals surface area contributed by atoms with Gasteiger partial charge in [-0.25, -0.2) is 0 Å². The van der Waals surface area contributed by atoms with Crippen molar-refractivity contribution in [3.8, 4) is 0 Å². The zero-order valence-corrected chi connectivity index (χ0v) is 12.0. The molecule has 3 atom stereocenters. The second-order valence-corrected chi connectivity index (χ2v) is 8.26. The van der Waals surface area contributed by atoms with Crippen LogP contribution in [-0.4, -0.2) is 23.5 Å². The summed E-state index contributed by atoms with van der Waals surface area (Å²) in [4.78, 5) is 2.70. The monoisotopic (exact) mass is 223 g/mol. The van der Waals surface area contributed by atoms with Gasteiger partial charge < -0.3 is 0 Å². The first-order chi connectivity index (χ1) is 7.17. The normalized spacial score (nSPS) is 36.0. The van der Waals surface area contributed by atoms with Gasteiger partial charge in [0.2, 0.25) is 0 Å². The molecule has 0 aromatic rings. The predicted octanol–water partition coefficient (Wildman–Crippen LogP) is 3.79. The Balaban J connectivity index is 1.90. The van der Waals surface area contributed by atoms with E-state index in [1.165, 1.54) is 25.9 Å². The summed E-state index contributed by atoms with van der Waals surface area (Å²) in [5, 5.41) is 0. The average molecular weight is 223 g/mol. The number of nitrogens with zero attached hydrogens (tertiary/aromatic N) is 1. The molecule has 0 radical (unpaired) electrons. The Kier molecular flexibility index (Phi) is 2.89. The smallest absolute Gasteiger partial charge is 0.0125 e. The van der Waals surface area contributed by atoms with Crippen molar-refractivity contribution in [2.75, 3.05) is 13.1 Å². The maximum Gasteiger partial charge on any atom is 0.0125 e. The van der Waals surface area contributed by atoms with Gasteiger partial charge in [-0.1, -0.05) is 20.8 Å². The van der Waals surface area contributed by atoms with Crippen LogP contribution in [0.15, 0.2) is 0 Å². The lowest BCUT2D eigenvalue weighted by atomic mass is 9.62. The van der Waals surface area contributed by atoms with Crippen LogP contribution in [0.25, 0.3) is 0 Å². The topological polar surface area (TPSA) is 3.24 Å². The molecule has 16 heavy (non-hydrogen) atoms. The molecule has 94 valence electrons. The Morgan fingerprint density at radius 2 is 1.62 bits per heavy atom. The molecule has 0 aromatic carbocycles. The molecule has 0 bridgehead atoms. The zero-order chi connectivity index (χ0) is 12.1. The van der Waals surface area contributed by atoms with E-state index in [4.69, 9.17) is 0 Å². The zero-order valence-electron chi connectivity index (χ0n) is 12.0. The van der Waals surface area contributed by atoms with E-state index in [9.17, 15) is 0 Å². The van der Waals surface area contributed by atoms with E-state index < -0.39 is 0 Å². The van der Waals surface area contributed by atoms with Crippen LogP contribution in [0.1, 0.15) is 54.4 Å². The maximum atomic E-state index is 2.70. The molecule has 0 amide bonds. The molecule has 3 unspecified atom stereocenters. The summed E-state index contributed by atoms with van der Waals surface area (Å²) >= 11 is 0. The second kappa shape index (κ2) is 3.73. The van der Waals surface area contributed by atoms with Gasteiger partial charge >= 0.3 is 0 Å². The predicted molar refractivity (Wildman–Crippen MR) is 70.5 cm³/mol. The number of hydrogen-bond acceptors (Lipinski definition) is 1. The summed E-state index contributed by atoms with van der Waals surface area (Å²) in [7, 11) is 0. The van der Waals surface area contributed by atoms with Gasteiger partial charge in [-0.3, -0.25) is 4.90 Å². The molecule has 2 fully saturated rings. The molecule has 1 aliphatic heterocycles. The fraction of sp³-hybridized carbons (Fsp3) is 1.00. The molecule has 1 saturated heterocycles. The maximum absolute atomic E-state index is 2.70. The van der Waals surface area contributed by atoms with E-state index in [1.807, 2.05) is 0 Å². The Bertz CT molecular complexity index is 256. The van der Waals surface area contributed by atoms with Gasteiger partial charge in [0, 0.05) is 18.6 Å². The van der Waals surface area contributed by atoms with E-state index in [2.05, 4.69) is 46.4 Å². The third-order valence-electron chi connectivity index (χ3n) is 4.53. The molecule has 2 rings (SSSR count). The van der Waals surface area contributed by atoms with Gasteiger partial charge in [0.25, 0.3) is 0 Å². The van der Waals surface area contributed by atoms with Crippen LogP contribution in [0.3, 0.4) is 0 Å².